The van der Waals surface area contributed by atoms with Crippen molar-refractivity contribution >= 4 is 18.4 Å². The molecule has 0 unspecified atom stereocenters. The molecule has 2 nitrogen and oxygen atoms in total. The summed E-state index contributed by atoms with van der Waals surface area (Å²) in [6.45, 7) is 12.3. The average Bonchev–Trinajstić information content (AvgIpc) is 2.66. The summed E-state index contributed by atoms with van der Waals surface area (Å²) in [6.07, 6.45) is 14.4. The normalized spacial score (nSPS) is 17.6. The quantitative estimate of drug-likeness (QED) is 0.201. The summed E-state index contributed by atoms with van der Waals surface area (Å²) in [5.74, 6) is 0. The molecule has 0 bridgehead atoms. The fourth-order valence-electron chi connectivity index (χ4n) is 4.68. The van der Waals surface area contributed by atoms with Gasteiger partial charge in [0.15, 0.2) is 0 Å². The van der Waals surface area contributed by atoms with E-state index in [1.54, 1.807) is 10.7 Å². The van der Waals surface area contributed by atoms with E-state index < -0.39 is 18.4 Å². The van der Waals surface area contributed by atoms with Gasteiger partial charge >= 0.3 is 162 Å². The molecular formula is C22H44O2Sn. The van der Waals surface area contributed by atoms with Crippen molar-refractivity contribution in [2.75, 3.05) is 13.9 Å². The fourth-order valence-corrected chi connectivity index (χ4v) is 21.9. The second kappa shape index (κ2) is 12.8. The van der Waals surface area contributed by atoms with Gasteiger partial charge in [-0.05, 0) is 0 Å². The van der Waals surface area contributed by atoms with Crippen LogP contribution in [0.1, 0.15) is 91.4 Å². The zero-order valence-electron chi connectivity index (χ0n) is 17.6. The van der Waals surface area contributed by atoms with E-state index in [4.69, 9.17) is 16.1 Å². The summed E-state index contributed by atoms with van der Waals surface area (Å²) in [5, 5.41) is 0. The van der Waals surface area contributed by atoms with Crippen LogP contribution in [0, 0.1) is 0 Å². The van der Waals surface area contributed by atoms with Crippen molar-refractivity contribution in [3.05, 3.63) is 10.2 Å². The monoisotopic (exact) mass is 460 g/mol. The van der Waals surface area contributed by atoms with Crippen molar-refractivity contribution in [3.8, 4) is 0 Å². The maximum absolute atomic E-state index is 6.46. The number of methoxy groups -OCH3 is 1. The van der Waals surface area contributed by atoms with Gasteiger partial charge in [-0.2, -0.15) is 0 Å². The molecule has 0 saturated heterocycles. The Hall–Kier alpha value is 0.459. The molecule has 0 aliphatic heterocycles. The minimum absolute atomic E-state index is 0.0560. The molecule has 0 radical (unpaired) electrons. The SMILES string of the molecule is C=[C](C1(OCOC)CCCCC1)[Sn]([CH2]CCC)([CH2]CCC)[CH2]CCC. The number of rotatable bonds is 14. The molecule has 0 atom stereocenters. The first kappa shape index (κ1) is 23.5. The van der Waals surface area contributed by atoms with Gasteiger partial charge in [0.25, 0.3) is 0 Å². The fraction of sp³-hybridized carbons (Fsp3) is 0.909. The second-order valence-electron chi connectivity index (χ2n) is 8.18. The van der Waals surface area contributed by atoms with Gasteiger partial charge in [-0.15, -0.1) is 0 Å². The zero-order valence-corrected chi connectivity index (χ0v) is 20.5. The van der Waals surface area contributed by atoms with E-state index in [-0.39, 0.29) is 5.60 Å². The van der Waals surface area contributed by atoms with Gasteiger partial charge in [0.2, 0.25) is 0 Å². The molecule has 0 N–H and O–H groups in total. The molecule has 148 valence electrons. The van der Waals surface area contributed by atoms with Gasteiger partial charge in [-0.1, -0.05) is 0 Å². The van der Waals surface area contributed by atoms with Crippen LogP contribution in [0.15, 0.2) is 10.2 Å². The number of hydrogen-bond acceptors (Lipinski definition) is 2. The van der Waals surface area contributed by atoms with Crippen LogP contribution < -0.4 is 0 Å². The first-order valence-corrected chi connectivity index (χ1v) is 18.4. The molecule has 0 heterocycles. The van der Waals surface area contributed by atoms with Crippen molar-refractivity contribution in [2.24, 2.45) is 0 Å². The van der Waals surface area contributed by atoms with Crippen LogP contribution in [0.2, 0.25) is 13.3 Å². The Balaban J connectivity index is 3.12. The Morgan fingerprint density at radius 3 is 1.76 bits per heavy atom. The summed E-state index contributed by atoms with van der Waals surface area (Å²) in [4.78, 5) is 0. The summed E-state index contributed by atoms with van der Waals surface area (Å²) >= 11 is -2.47. The van der Waals surface area contributed by atoms with Crippen LogP contribution in [0.25, 0.3) is 0 Å². The molecule has 1 saturated carbocycles. The van der Waals surface area contributed by atoms with E-state index in [9.17, 15) is 0 Å². The van der Waals surface area contributed by atoms with E-state index in [1.165, 1.54) is 83.9 Å². The summed E-state index contributed by atoms with van der Waals surface area (Å²) in [5.41, 5.74) is -0.0560. The van der Waals surface area contributed by atoms with Gasteiger partial charge in [0.1, 0.15) is 0 Å². The van der Waals surface area contributed by atoms with Crippen LogP contribution in [-0.4, -0.2) is 37.9 Å². The van der Waals surface area contributed by atoms with E-state index >= 15 is 0 Å². The maximum atomic E-state index is 6.46. The van der Waals surface area contributed by atoms with Crippen LogP contribution in [0.3, 0.4) is 0 Å². The number of hydrogen-bond donors (Lipinski definition) is 0. The Morgan fingerprint density at radius 2 is 1.36 bits per heavy atom. The van der Waals surface area contributed by atoms with Crippen molar-refractivity contribution in [1.29, 1.82) is 0 Å². The average molecular weight is 459 g/mol. The third-order valence-corrected chi connectivity index (χ3v) is 22.5. The first-order valence-electron chi connectivity index (χ1n) is 10.9. The Morgan fingerprint density at radius 1 is 0.880 bits per heavy atom. The van der Waals surface area contributed by atoms with Crippen LogP contribution in [0.4, 0.5) is 0 Å². The second-order valence-corrected chi connectivity index (χ2v) is 21.5. The third-order valence-electron chi connectivity index (χ3n) is 6.33. The molecule has 1 fully saturated rings. The molecule has 0 spiro atoms. The molecule has 1 rings (SSSR count). The molecule has 3 heteroatoms. The molecule has 25 heavy (non-hydrogen) atoms. The van der Waals surface area contributed by atoms with Crippen molar-refractivity contribution < 1.29 is 9.47 Å². The van der Waals surface area contributed by atoms with E-state index in [0.717, 1.165) is 0 Å². The van der Waals surface area contributed by atoms with Gasteiger partial charge in [-0.3, -0.25) is 0 Å². The molecule has 0 amide bonds. The van der Waals surface area contributed by atoms with E-state index in [1.807, 2.05) is 0 Å². The Kier molecular flexibility index (Phi) is 12.0. The molecule has 0 aromatic rings. The molecule has 1 aliphatic carbocycles. The minimum atomic E-state index is -2.47. The predicted octanol–water partition coefficient (Wildman–Crippen LogP) is 7.25. The Bertz CT molecular complexity index is 339. The molecule has 1 aliphatic rings. The number of ether oxygens (including phenoxy) is 2. The van der Waals surface area contributed by atoms with Gasteiger partial charge in [0, 0.05) is 0 Å². The van der Waals surface area contributed by atoms with Crippen LogP contribution >= 0.6 is 0 Å². The van der Waals surface area contributed by atoms with Crippen molar-refractivity contribution in [2.45, 2.75) is 110 Å². The predicted molar refractivity (Wildman–Crippen MR) is 113 cm³/mol. The molecule has 0 aromatic heterocycles. The molecular weight excluding hydrogens is 415 g/mol. The first-order chi connectivity index (χ1) is 12.1. The number of unbranched alkanes of at least 4 members (excludes halogenated alkanes) is 3. The van der Waals surface area contributed by atoms with Crippen molar-refractivity contribution in [1.82, 2.24) is 0 Å². The van der Waals surface area contributed by atoms with Gasteiger partial charge in [0.05, 0.1) is 0 Å². The topological polar surface area (TPSA) is 18.5 Å². The van der Waals surface area contributed by atoms with Crippen LogP contribution in [-0.2, 0) is 9.47 Å². The van der Waals surface area contributed by atoms with Gasteiger partial charge in [-0.25, -0.2) is 0 Å². The standard InChI is InChI=1S/C10H17O2.3C4H9.Sn/c1-3-10(12-9-11-2)7-5-4-6-8-10;3*1-3-4-2;/h1,4-9H2,2H3;3*1,3-4H2,2H3;. The van der Waals surface area contributed by atoms with Gasteiger partial charge < -0.3 is 0 Å². The summed E-state index contributed by atoms with van der Waals surface area (Å²) in [6, 6.07) is 0. The van der Waals surface area contributed by atoms with E-state index in [2.05, 4.69) is 20.8 Å². The molecule has 0 aromatic carbocycles. The summed E-state index contributed by atoms with van der Waals surface area (Å²) in [7, 11) is 1.75. The van der Waals surface area contributed by atoms with Crippen LogP contribution in [0.5, 0.6) is 0 Å². The van der Waals surface area contributed by atoms with Crippen molar-refractivity contribution in [3.63, 3.8) is 0 Å². The van der Waals surface area contributed by atoms with E-state index in [0.29, 0.717) is 6.79 Å². The third kappa shape index (κ3) is 6.84. The summed E-state index contributed by atoms with van der Waals surface area (Å²) < 4.78 is 17.9. The Labute approximate surface area is 162 Å². The zero-order chi connectivity index (χ0) is 18.6.